The van der Waals surface area contributed by atoms with E-state index >= 15 is 0 Å². The summed E-state index contributed by atoms with van der Waals surface area (Å²) in [5, 5.41) is 9.41. The predicted molar refractivity (Wildman–Crippen MR) is 238 cm³/mol. The summed E-state index contributed by atoms with van der Waals surface area (Å²) in [6, 6.07) is 12.5. The maximum Gasteiger partial charge on any atom is 0.416 e. The number of aromatic nitrogens is 3. The van der Waals surface area contributed by atoms with Crippen LogP contribution in [0.3, 0.4) is 0 Å². The molecule has 67 heavy (non-hydrogen) atoms. The number of hydrazone groups is 1. The van der Waals surface area contributed by atoms with E-state index in [2.05, 4.69) is 20.3 Å². The summed E-state index contributed by atoms with van der Waals surface area (Å²) in [6.45, 7) is 0.866. The molecule has 15 nitrogen and oxygen atoms in total. The van der Waals surface area contributed by atoms with E-state index in [9.17, 15) is 27.6 Å². The van der Waals surface area contributed by atoms with Gasteiger partial charge in [-0.1, -0.05) is 31.0 Å². The molecule has 18 heteroatoms. The molecule has 5 heterocycles. The van der Waals surface area contributed by atoms with Gasteiger partial charge in [0, 0.05) is 43.1 Å². The lowest BCUT2D eigenvalue weighted by molar-refractivity contribution is -0.144. The number of ether oxygens (including phenoxy) is 5. The van der Waals surface area contributed by atoms with Gasteiger partial charge in [-0.05, 0) is 86.4 Å². The van der Waals surface area contributed by atoms with Crippen molar-refractivity contribution < 1.29 is 51.2 Å². The van der Waals surface area contributed by atoms with E-state index in [0.29, 0.717) is 70.9 Å². The number of H-pyrrole nitrogens is 1. The third-order valence-electron chi connectivity index (χ3n) is 13.6. The van der Waals surface area contributed by atoms with E-state index < -0.39 is 36.0 Å². The highest BCUT2D eigenvalue weighted by molar-refractivity contribution is 6.09. The predicted octanol–water partition coefficient (Wildman–Crippen LogP) is 7.56. The van der Waals surface area contributed by atoms with Crippen LogP contribution >= 0.6 is 0 Å². The number of piperidine rings is 1. The van der Waals surface area contributed by atoms with Crippen LogP contribution in [0.15, 0.2) is 72.2 Å². The molecule has 2 aromatic heterocycles. The monoisotopic (exact) mass is 921 g/mol. The average molecular weight is 922 g/mol. The minimum atomic E-state index is -4.71. The van der Waals surface area contributed by atoms with Gasteiger partial charge in [0.05, 0.1) is 54.8 Å². The van der Waals surface area contributed by atoms with Crippen molar-refractivity contribution in [2.45, 2.75) is 76.0 Å². The number of methoxy groups -OCH3 is 2. The first kappa shape index (κ1) is 44.0. The zero-order valence-electron chi connectivity index (χ0n) is 37.1. The van der Waals surface area contributed by atoms with Crippen LogP contribution in [0.25, 0.3) is 22.3 Å². The van der Waals surface area contributed by atoms with E-state index in [0.717, 1.165) is 55.9 Å². The molecule has 2 aliphatic carbocycles. The second-order valence-electron chi connectivity index (χ2n) is 17.8. The summed E-state index contributed by atoms with van der Waals surface area (Å²) in [7, 11) is 3.14. The summed E-state index contributed by atoms with van der Waals surface area (Å²) in [5.74, 6) is 1.41. The maximum atomic E-state index is 14.6. The molecule has 3 fully saturated rings. The lowest BCUT2D eigenvalue weighted by Crippen LogP contribution is -2.56. The fraction of sp³-hybridized carbons (Fsp3) is 0.429. The van der Waals surface area contributed by atoms with Crippen LogP contribution in [0, 0.1) is 17.8 Å². The number of benzene rings is 3. The molecular formula is C49H50F3N7O8. The molecule has 0 radical (unpaired) electrons. The number of hydrogen-bond donors (Lipinski definition) is 2. The summed E-state index contributed by atoms with van der Waals surface area (Å²) >= 11 is 0. The summed E-state index contributed by atoms with van der Waals surface area (Å²) in [6.07, 6.45) is 3.96. The molecule has 5 aromatic rings. The normalized spacial score (nSPS) is 20.0. The van der Waals surface area contributed by atoms with Gasteiger partial charge in [-0.3, -0.25) is 14.4 Å². The lowest BCUT2D eigenvalue weighted by atomic mass is 9.73. The van der Waals surface area contributed by atoms with Gasteiger partial charge in [0.15, 0.2) is 23.0 Å². The first-order valence-corrected chi connectivity index (χ1v) is 22.8. The SMILES string of the molecule is COc1ccc(C2=NN(C3CCN(C(=O)[C@@H](Cc4ccccc4C(F)(F)F)NC(=O)c4c[nH]c5c(-c6c(OCC7CC7)ccc7c6OCO7)ncnc45)CC3)C(=O)[C@@H]3CCCC[C@H]23)cc1OC. The van der Waals surface area contributed by atoms with Crippen LogP contribution in [0.2, 0.25) is 0 Å². The number of nitrogens with one attached hydrogen (secondary N) is 2. The Hall–Kier alpha value is -6.85. The second kappa shape index (κ2) is 18.1. The fourth-order valence-electron chi connectivity index (χ4n) is 9.97. The standard InChI is InChI=1S/C49H50F3N7O8/c1-63-36-14-13-29(22-39(36)64-2)41-31-8-4-5-9-32(31)47(61)59(57-41)30-17-19-58(20-18-30)48(62)35(21-28-7-3-6-10-34(28)49(50,51)52)56-46(60)33-23-53-44-42(33)54-25-55-43(44)40-37(65-24-27-11-12-27)15-16-38-45(40)67-26-66-38/h3,6-7,10,13-16,22-23,25,27,30-32,35,53H,4-5,8-9,11-12,17-21,24,26H2,1-2H3,(H,56,60)/t31-,32+,35+/m0/s1. The number of carbonyl (C=O) groups excluding carboxylic acids is 3. The Morgan fingerprint density at radius 2 is 1.67 bits per heavy atom. The molecule has 3 amide bonds. The molecule has 1 saturated heterocycles. The number of halogens is 3. The molecular weight excluding hydrogens is 872 g/mol. The summed E-state index contributed by atoms with van der Waals surface area (Å²) < 4.78 is 72.0. The average Bonchev–Trinajstić information content (AvgIpc) is 3.87. The van der Waals surface area contributed by atoms with Gasteiger partial charge in [-0.15, -0.1) is 0 Å². The largest absolute Gasteiger partial charge is 0.493 e. The van der Waals surface area contributed by atoms with Gasteiger partial charge >= 0.3 is 6.18 Å². The molecule has 0 bridgehead atoms. The summed E-state index contributed by atoms with van der Waals surface area (Å²) in [5.41, 5.74) is 2.15. The lowest BCUT2D eigenvalue weighted by Gasteiger charge is -2.43. The first-order valence-electron chi connectivity index (χ1n) is 22.8. The highest BCUT2D eigenvalue weighted by Gasteiger charge is 2.45. The zero-order valence-corrected chi connectivity index (χ0v) is 37.1. The van der Waals surface area contributed by atoms with Crippen molar-refractivity contribution in [1.82, 2.24) is 30.2 Å². The minimum absolute atomic E-state index is 0.00168. The number of likely N-dealkylation sites (tertiary alicyclic amines) is 1. The zero-order chi connectivity index (χ0) is 46.4. The van der Waals surface area contributed by atoms with E-state index in [1.165, 1.54) is 30.7 Å². The molecule has 3 atom stereocenters. The number of nitrogens with zero attached hydrogens (tertiary/aromatic N) is 5. The van der Waals surface area contributed by atoms with Crippen molar-refractivity contribution in [2.75, 3.05) is 40.7 Å². The van der Waals surface area contributed by atoms with Crippen molar-refractivity contribution in [3.63, 3.8) is 0 Å². The Labute approximate surface area is 384 Å². The van der Waals surface area contributed by atoms with Crippen molar-refractivity contribution in [3.05, 3.63) is 89.4 Å². The molecule has 2 N–H and O–H groups in total. The molecule has 2 saturated carbocycles. The highest BCUT2D eigenvalue weighted by Crippen LogP contribution is 2.48. The molecule has 5 aliphatic rings. The van der Waals surface area contributed by atoms with Gasteiger partial charge in [0.25, 0.3) is 5.91 Å². The van der Waals surface area contributed by atoms with Crippen LogP contribution in [-0.2, 0) is 22.2 Å². The second-order valence-corrected chi connectivity index (χ2v) is 17.8. The fourth-order valence-corrected chi connectivity index (χ4v) is 9.97. The van der Waals surface area contributed by atoms with Crippen LogP contribution < -0.4 is 29.0 Å². The molecule has 3 aromatic carbocycles. The first-order chi connectivity index (χ1) is 32.5. The van der Waals surface area contributed by atoms with Crippen LogP contribution in [0.5, 0.6) is 28.7 Å². The van der Waals surface area contributed by atoms with E-state index in [4.69, 9.17) is 28.8 Å². The number of fused-ring (bicyclic) bond motifs is 3. The number of amides is 3. The van der Waals surface area contributed by atoms with Crippen LogP contribution in [-0.4, -0.2) is 101 Å². The van der Waals surface area contributed by atoms with Crippen molar-refractivity contribution >= 4 is 34.5 Å². The van der Waals surface area contributed by atoms with Gasteiger partial charge in [-0.2, -0.15) is 18.3 Å². The van der Waals surface area contributed by atoms with E-state index in [1.54, 1.807) is 36.3 Å². The number of aromatic amines is 1. The number of carbonyl (C=O) groups is 3. The Morgan fingerprint density at radius 3 is 2.43 bits per heavy atom. The quantitative estimate of drug-likeness (QED) is 0.120. The van der Waals surface area contributed by atoms with Crippen LogP contribution in [0.4, 0.5) is 13.2 Å². The van der Waals surface area contributed by atoms with Gasteiger partial charge in [0.1, 0.15) is 29.3 Å². The van der Waals surface area contributed by atoms with Gasteiger partial charge < -0.3 is 38.9 Å². The molecule has 350 valence electrons. The Bertz CT molecular complexity index is 2750. The third-order valence-corrected chi connectivity index (χ3v) is 13.6. The third kappa shape index (κ3) is 8.57. The topological polar surface area (TPSA) is 170 Å². The van der Waals surface area contributed by atoms with Crippen molar-refractivity contribution in [1.29, 1.82) is 0 Å². The molecule has 0 spiro atoms. The molecule has 0 unspecified atom stereocenters. The number of alkyl halides is 3. The van der Waals surface area contributed by atoms with Gasteiger partial charge in [0.2, 0.25) is 18.6 Å². The van der Waals surface area contributed by atoms with Crippen molar-refractivity contribution in [3.8, 4) is 40.0 Å². The number of hydrogen-bond acceptors (Lipinski definition) is 11. The Kier molecular flexibility index (Phi) is 11.9. The smallest absolute Gasteiger partial charge is 0.416 e. The highest BCUT2D eigenvalue weighted by atomic mass is 19.4. The van der Waals surface area contributed by atoms with Crippen LogP contribution in [0.1, 0.15) is 78.4 Å². The van der Waals surface area contributed by atoms with E-state index in [-0.39, 0.29) is 60.3 Å². The summed E-state index contributed by atoms with van der Waals surface area (Å²) in [4.78, 5) is 56.9. The maximum absolute atomic E-state index is 14.6. The Morgan fingerprint density at radius 1 is 0.910 bits per heavy atom. The number of rotatable bonds is 13. The van der Waals surface area contributed by atoms with Crippen molar-refractivity contribution in [2.24, 2.45) is 22.9 Å². The van der Waals surface area contributed by atoms with E-state index in [1.807, 2.05) is 18.2 Å². The molecule has 3 aliphatic heterocycles. The van der Waals surface area contributed by atoms with Gasteiger partial charge in [-0.25, -0.2) is 15.0 Å². The minimum Gasteiger partial charge on any atom is -0.493 e. The Balaban J connectivity index is 0.920. The molecule has 10 rings (SSSR count).